The van der Waals surface area contributed by atoms with Crippen LogP contribution < -0.4 is 19.9 Å². The van der Waals surface area contributed by atoms with Crippen molar-refractivity contribution in [2.24, 2.45) is 5.73 Å². The van der Waals surface area contributed by atoms with Crippen LogP contribution in [-0.4, -0.2) is 26.9 Å². The summed E-state index contributed by atoms with van der Waals surface area (Å²) in [6.45, 7) is 4.40. The van der Waals surface area contributed by atoms with Gasteiger partial charge >= 0.3 is 0 Å². The largest absolute Gasteiger partial charge is 0.493 e. The van der Waals surface area contributed by atoms with Crippen LogP contribution in [0.1, 0.15) is 19.4 Å². The molecular weight excluding hydrogens is 242 g/mol. The molecule has 1 rings (SSSR count). The molecule has 1 aromatic rings. The van der Waals surface area contributed by atoms with E-state index in [1.54, 1.807) is 14.2 Å². The SMILES string of the molecule is C/C=C/COc1c(OC)cc(CC(C)N)cc1OC. The van der Waals surface area contributed by atoms with Gasteiger partial charge in [0.25, 0.3) is 0 Å². The smallest absolute Gasteiger partial charge is 0.203 e. The first-order valence-corrected chi connectivity index (χ1v) is 6.36. The van der Waals surface area contributed by atoms with Crippen molar-refractivity contribution in [3.05, 3.63) is 29.8 Å². The van der Waals surface area contributed by atoms with Crippen molar-refractivity contribution in [3.8, 4) is 17.2 Å². The third-order valence-electron chi connectivity index (χ3n) is 2.64. The summed E-state index contributed by atoms with van der Waals surface area (Å²) in [5, 5.41) is 0. The zero-order valence-corrected chi connectivity index (χ0v) is 12.1. The van der Waals surface area contributed by atoms with Gasteiger partial charge in [-0.05, 0) is 38.0 Å². The van der Waals surface area contributed by atoms with E-state index in [1.807, 2.05) is 38.1 Å². The van der Waals surface area contributed by atoms with E-state index in [1.165, 1.54) is 0 Å². The average molecular weight is 265 g/mol. The number of ether oxygens (including phenoxy) is 3. The van der Waals surface area contributed by atoms with Crippen molar-refractivity contribution < 1.29 is 14.2 Å². The number of nitrogens with two attached hydrogens (primary N) is 1. The third-order valence-corrected chi connectivity index (χ3v) is 2.64. The van der Waals surface area contributed by atoms with Crippen LogP contribution in [0.4, 0.5) is 0 Å². The highest BCUT2D eigenvalue weighted by Crippen LogP contribution is 2.38. The van der Waals surface area contributed by atoms with E-state index in [4.69, 9.17) is 19.9 Å². The quantitative estimate of drug-likeness (QED) is 0.770. The lowest BCUT2D eigenvalue weighted by Gasteiger charge is -2.16. The molecule has 19 heavy (non-hydrogen) atoms. The summed E-state index contributed by atoms with van der Waals surface area (Å²) in [5.41, 5.74) is 6.89. The molecule has 0 heterocycles. The van der Waals surface area contributed by atoms with E-state index in [9.17, 15) is 0 Å². The highest BCUT2D eigenvalue weighted by molar-refractivity contribution is 5.54. The Hall–Kier alpha value is -1.68. The number of hydrogen-bond acceptors (Lipinski definition) is 4. The van der Waals surface area contributed by atoms with Crippen molar-refractivity contribution in [1.82, 2.24) is 0 Å². The van der Waals surface area contributed by atoms with Gasteiger partial charge in [-0.15, -0.1) is 0 Å². The Bertz CT molecular complexity index is 402. The van der Waals surface area contributed by atoms with Crippen LogP contribution in [0, 0.1) is 0 Å². The van der Waals surface area contributed by atoms with Gasteiger partial charge < -0.3 is 19.9 Å². The molecule has 0 aliphatic heterocycles. The van der Waals surface area contributed by atoms with Gasteiger partial charge in [0.1, 0.15) is 6.61 Å². The van der Waals surface area contributed by atoms with E-state index >= 15 is 0 Å². The summed E-state index contributed by atoms with van der Waals surface area (Å²) in [7, 11) is 3.24. The molecule has 0 aliphatic carbocycles. The molecule has 1 aromatic carbocycles. The molecule has 0 aliphatic rings. The molecule has 0 amide bonds. The maximum atomic E-state index is 5.82. The standard InChI is InChI=1S/C15H23NO3/c1-5-6-7-19-15-13(17-3)9-12(8-11(2)16)10-14(15)18-4/h5-6,9-11H,7-8,16H2,1-4H3/b6-5+. The molecule has 0 saturated carbocycles. The fourth-order valence-corrected chi connectivity index (χ4v) is 1.79. The first-order valence-electron chi connectivity index (χ1n) is 6.36. The van der Waals surface area contributed by atoms with E-state index in [0.717, 1.165) is 12.0 Å². The Kier molecular flexibility index (Phi) is 6.22. The minimum atomic E-state index is 0.0872. The summed E-state index contributed by atoms with van der Waals surface area (Å²) < 4.78 is 16.4. The molecule has 0 spiro atoms. The second-order valence-corrected chi connectivity index (χ2v) is 4.39. The van der Waals surface area contributed by atoms with E-state index in [-0.39, 0.29) is 6.04 Å². The molecule has 2 N–H and O–H groups in total. The Labute approximate surface area is 115 Å². The molecule has 0 bridgehead atoms. The van der Waals surface area contributed by atoms with E-state index in [2.05, 4.69) is 0 Å². The Balaban J connectivity index is 3.06. The lowest BCUT2D eigenvalue weighted by atomic mass is 10.1. The van der Waals surface area contributed by atoms with Crippen molar-refractivity contribution in [2.75, 3.05) is 20.8 Å². The van der Waals surface area contributed by atoms with Crippen molar-refractivity contribution in [1.29, 1.82) is 0 Å². The Morgan fingerprint density at radius 3 is 2.21 bits per heavy atom. The predicted molar refractivity (Wildman–Crippen MR) is 77.2 cm³/mol. The summed E-state index contributed by atoms with van der Waals surface area (Å²) >= 11 is 0. The lowest BCUT2D eigenvalue weighted by Crippen LogP contribution is -2.17. The molecule has 4 heteroatoms. The van der Waals surface area contributed by atoms with E-state index in [0.29, 0.717) is 23.9 Å². The number of rotatable bonds is 7. The van der Waals surface area contributed by atoms with Crippen molar-refractivity contribution >= 4 is 0 Å². The summed E-state index contributed by atoms with van der Waals surface area (Å²) in [6, 6.07) is 3.97. The maximum Gasteiger partial charge on any atom is 0.203 e. The van der Waals surface area contributed by atoms with Gasteiger partial charge in [-0.2, -0.15) is 0 Å². The van der Waals surface area contributed by atoms with Crippen LogP contribution >= 0.6 is 0 Å². The molecule has 1 unspecified atom stereocenters. The monoisotopic (exact) mass is 265 g/mol. The zero-order chi connectivity index (χ0) is 14.3. The van der Waals surface area contributed by atoms with Crippen molar-refractivity contribution in [2.45, 2.75) is 26.3 Å². The molecule has 0 saturated heterocycles. The normalized spacial score (nSPS) is 12.5. The molecule has 0 radical (unpaired) electrons. The van der Waals surface area contributed by atoms with Crippen LogP contribution in [0.5, 0.6) is 17.2 Å². The summed E-state index contributed by atoms with van der Waals surface area (Å²) in [6.07, 6.45) is 4.63. The minimum Gasteiger partial charge on any atom is -0.493 e. The van der Waals surface area contributed by atoms with Gasteiger partial charge in [-0.3, -0.25) is 0 Å². The first-order chi connectivity index (χ1) is 9.12. The zero-order valence-electron chi connectivity index (χ0n) is 12.1. The number of allylic oxidation sites excluding steroid dienone is 1. The predicted octanol–water partition coefficient (Wildman–Crippen LogP) is 2.55. The van der Waals surface area contributed by atoms with Gasteiger partial charge in [0.15, 0.2) is 11.5 Å². The van der Waals surface area contributed by atoms with Crippen LogP contribution in [0.3, 0.4) is 0 Å². The minimum absolute atomic E-state index is 0.0872. The number of hydrogen-bond donors (Lipinski definition) is 1. The van der Waals surface area contributed by atoms with Crippen LogP contribution in [0.2, 0.25) is 0 Å². The Morgan fingerprint density at radius 2 is 1.79 bits per heavy atom. The maximum absolute atomic E-state index is 5.82. The second kappa shape index (κ2) is 7.69. The molecule has 4 nitrogen and oxygen atoms in total. The van der Waals surface area contributed by atoms with Gasteiger partial charge in [0, 0.05) is 6.04 Å². The van der Waals surface area contributed by atoms with Gasteiger partial charge in [0.05, 0.1) is 14.2 Å². The van der Waals surface area contributed by atoms with Crippen LogP contribution in [0.15, 0.2) is 24.3 Å². The van der Waals surface area contributed by atoms with Gasteiger partial charge in [-0.25, -0.2) is 0 Å². The fraction of sp³-hybridized carbons (Fsp3) is 0.467. The number of methoxy groups -OCH3 is 2. The van der Waals surface area contributed by atoms with E-state index < -0.39 is 0 Å². The average Bonchev–Trinajstić information content (AvgIpc) is 2.38. The second-order valence-electron chi connectivity index (χ2n) is 4.39. The van der Waals surface area contributed by atoms with Gasteiger partial charge in [0.2, 0.25) is 5.75 Å². The number of benzene rings is 1. The van der Waals surface area contributed by atoms with Crippen molar-refractivity contribution in [3.63, 3.8) is 0 Å². The van der Waals surface area contributed by atoms with Gasteiger partial charge in [-0.1, -0.05) is 12.2 Å². The molecule has 0 fully saturated rings. The molecular formula is C15H23NO3. The lowest BCUT2D eigenvalue weighted by molar-refractivity contribution is 0.300. The summed E-state index contributed by atoms with van der Waals surface area (Å²) in [5.74, 6) is 1.95. The van der Waals surface area contributed by atoms with Crippen LogP contribution in [0.25, 0.3) is 0 Å². The molecule has 1 atom stereocenters. The highest BCUT2D eigenvalue weighted by atomic mass is 16.5. The fourth-order valence-electron chi connectivity index (χ4n) is 1.79. The molecule has 106 valence electrons. The highest BCUT2D eigenvalue weighted by Gasteiger charge is 2.14. The third kappa shape index (κ3) is 4.48. The molecule has 0 aromatic heterocycles. The Morgan fingerprint density at radius 1 is 1.21 bits per heavy atom. The summed E-state index contributed by atoms with van der Waals surface area (Å²) in [4.78, 5) is 0. The van der Waals surface area contributed by atoms with Crippen LogP contribution in [-0.2, 0) is 6.42 Å². The first kappa shape index (κ1) is 15.4. The topological polar surface area (TPSA) is 53.7 Å².